The number of benzene rings is 1. The Morgan fingerprint density at radius 1 is 1.13 bits per heavy atom. The van der Waals surface area contributed by atoms with Gasteiger partial charge in [-0.15, -0.1) is 0 Å². The molecule has 2 fully saturated rings. The second kappa shape index (κ2) is 10.6. The van der Waals surface area contributed by atoms with E-state index in [0.717, 1.165) is 32.0 Å². The molecule has 0 aromatic heterocycles. The standard InChI is InChI=1S/C24H36ClN3O2/c1-17(2)22(26-23(29)20-8-4-5-9-21(20)25)24(30)28-12-6-7-19(16-28)15-27-13-10-18(3)11-14-27/h4-5,8-9,17-19,22H,6-7,10-16H2,1-3H3,(H,26,29). The number of carbonyl (C=O) groups excluding carboxylic acids is 2. The number of hydrogen-bond acceptors (Lipinski definition) is 3. The van der Waals surface area contributed by atoms with Crippen LogP contribution >= 0.6 is 11.6 Å². The van der Waals surface area contributed by atoms with Crippen molar-refractivity contribution < 1.29 is 9.59 Å². The number of likely N-dealkylation sites (tertiary alicyclic amines) is 2. The first kappa shape index (κ1) is 23.1. The molecule has 0 saturated carbocycles. The highest BCUT2D eigenvalue weighted by Crippen LogP contribution is 2.23. The molecule has 6 heteroatoms. The van der Waals surface area contributed by atoms with Crippen LogP contribution in [0.25, 0.3) is 0 Å². The molecule has 1 aromatic carbocycles. The van der Waals surface area contributed by atoms with Crippen molar-refractivity contribution in [1.82, 2.24) is 15.1 Å². The first-order valence-corrected chi connectivity index (χ1v) is 11.8. The summed E-state index contributed by atoms with van der Waals surface area (Å²) in [7, 11) is 0. The Morgan fingerprint density at radius 2 is 1.83 bits per heavy atom. The molecule has 0 bridgehead atoms. The van der Waals surface area contributed by atoms with Gasteiger partial charge in [-0.1, -0.05) is 44.5 Å². The smallest absolute Gasteiger partial charge is 0.253 e. The summed E-state index contributed by atoms with van der Waals surface area (Å²) in [6.45, 7) is 11.3. The molecule has 2 unspecified atom stereocenters. The first-order chi connectivity index (χ1) is 14.3. The molecular formula is C24H36ClN3O2. The van der Waals surface area contributed by atoms with Crippen LogP contribution in [0.3, 0.4) is 0 Å². The van der Waals surface area contributed by atoms with Crippen LogP contribution in [0, 0.1) is 17.8 Å². The zero-order valence-electron chi connectivity index (χ0n) is 18.6. The number of nitrogens with zero attached hydrogens (tertiary/aromatic N) is 2. The van der Waals surface area contributed by atoms with Gasteiger partial charge in [0.15, 0.2) is 0 Å². The third-order valence-electron chi connectivity index (χ3n) is 6.56. The maximum absolute atomic E-state index is 13.3. The summed E-state index contributed by atoms with van der Waals surface area (Å²) in [4.78, 5) is 30.6. The summed E-state index contributed by atoms with van der Waals surface area (Å²) in [5.74, 6) is 1.10. The number of carbonyl (C=O) groups is 2. The molecule has 0 aliphatic carbocycles. The number of piperidine rings is 2. The Labute approximate surface area is 186 Å². The van der Waals surface area contributed by atoms with Crippen LogP contribution in [0.2, 0.25) is 5.02 Å². The summed E-state index contributed by atoms with van der Waals surface area (Å²) in [6, 6.07) is 6.42. The molecule has 5 nitrogen and oxygen atoms in total. The van der Waals surface area contributed by atoms with E-state index in [1.54, 1.807) is 24.3 Å². The van der Waals surface area contributed by atoms with Crippen LogP contribution in [-0.4, -0.2) is 60.4 Å². The summed E-state index contributed by atoms with van der Waals surface area (Å²) >= 11 is 6.17. The minimum atomic E-state index is -0.539. The van der Waals surface area contributed by atoms with Crippen LogP contribution in [0.15, 0.2) is 24.3 Å². The second-order valence-corrected chi connectivity index (χ2v) is 9.86. The van der Waals surface area contributed by atoms with E-state index in [0.29, 0.717) is 16.5 Å². The largest absolute Gasteiger partial charge is 0.341 e. The highest BCUT2D eigenvalue weighted by Gasteiger charge is 2.33. The molecule has 166 valence electrons. The lowest BCUT2D eigenvalue weighted by Crippen LogP contribution is -2.54. The fourth-order valence-electron chi connectivity index (χ4n) is 4.60. The Morgan fingerprint density at radius 3 is 2.50 bits per heavy atom. The molecule has 0 spiro atoms. The van der Waals surface area contributed by atoms with E-state index < -0.39 is 6.04 Å². The third kappa shape index (κ3) is 5.98. The SMILES string of the molecule is CC1CCN(CC2CCCN(C(=O)C(NC(=O)c3ccccc3Cl)C(C)C)C2)CC1. The number of halogens is 1. The molecule has 2 aliphatic rings. The van der Waals surface area contributed by atoms with Gasteiger partial charge in [-0.2, -0.15) is 0 Å². The van der Waals surface area contributed by atoms with Crippen LogP contribution in [0.4, 0.5) is 0 Å². The Bertz CT molecular complexity index is 731. The summed E-state index contributed by atoms with van der Waals surface area (Å²) in [5.41, 5.74) is 0.411. The van der Waals surface area contributed by atoms with E-state index in [1.165, 1.54) is 32.4 Å². The minimum absolute atomic E-state index is 0.00731. The molecule has 2 heterocycles. The first-order valence-electron chi connectivity index (χ1n) is 11.4. The highest BCUT2D eigenvalue weighted by molar-refractivity contribution is 6.33. The van der Waals surface area contributed by atoms with Crippen molar-refractivity contribution in [3.05, 3.63) is 34.9 Å². The lowest BCUT2D eigenvalue weighted by Gasteiger charge is -2.39. The third-order valence-corrected chi connectivity index (χ3v) is 6.89. The Balaban J connectivity index is 1.60. The van der Waals surface area contributed by atoms with Crippen molar-refractivity contribution >= 4 is 23.4 Å². The van der Waals surface area contributed by atoms with Gasteiger partial charge >= 0.3 is 0 Å². The fraction of sp³-hybridized carbons (Fsp3) is 0.667. The van der Waals surface area contributed by atoms with E-state index >= 15 is 0 Å². The normalized spacial score (nSPS) is 22.2. The number of nitrogens with one attached hydrogen (secondary N) is 1. The summed E-state index contributed by atoms with van der Waals surface area (Å²) in [5, 5.41) is 3.35. The topological polar surface area (TPSA) is 52.6 Å². The van der Waals surface area contributed by atoms with Gasteiger partial charge < -0.3 is 15.1 Å². The second-order valence-electron chi connectivity index (χ2n) is 9.45. The van der Waals surface area contributed by atoms with Gasteiger partial charge in [0.05, 0.1) is 10.6 Å². The molecular weight excluding hydrogens is 398 g/mol. The van der Waals surface area contributed by atoms with Crippen molar-refractivity contribution in [2.24, 2.45) is 17.8 Å². The average molecular weight is 434 g/mol. The molecule has 2 saturated heterocycles. The Hall–Kier alpha value is -1.59. The zero-order valence-corrected chi connectivity index (χ0v) is 19.3. The summed E-state index contributed by atoms with van der Waals surface area (Å²) < 4.78 is 0. The summed E-state index contributed by atoms with van der Waals surface area (Å²) in [6.07, 6.45) is 4.76. The molecule has 1 aromatic rings. The molecule has 2 amide bonds. The lowest BCUT2D eigenvalue weighted by atomic mass is 9.93. The molecule has 3 rings (SSSR count). The van der Waals surface area contributed by atoms with Crippen LogP contribution in [0.1, 0.15) is 56.8 Å². The fourth-order valence-corrected chi connectivity index (χ4v) is 4.82. The molecule has 30 heavy (non-hydrogen) atoms. The van der Waals surface area contributed by atoms with Gasteiger partial charge in [0.2, 0.25) is 5.91 Å². The van der Waals surface area contributed by atoms with E-state index in [9.17, 15) is 9.59 Å². The van der Waals surface area contributed by atoms with Crippen molar-refractivity contribution in [3.63, 3.8) is 0 Å². The lowest BCUT2D eigenvalue weighted by molar-refractivity contribution is -0.136. The Kier molecular flexibility index (Phi) is 8.18. The van der Waals surface area contributed by atoms with Crippen molar-refractivity contribution in [1.29, 1.82) is 0 Å². The van der Waals surface area contributed by atoms with Gasteiger partial charge in [0.1, 0.15) is 6.04 Å². The van der Waals surface area contributed by atoms with E-state index in [4.69, 9.17) is 11.6 Å². The highest BCUT2D eigenvalue weighted by atomic mass is 35.5. The monoisotopic (exact) mass is 433 g/mol. The predicted octanol–water partition coefficient (Wildman–Crippen LogP) is 4.06. The molecule has 0 radical (unpaired) electrons. The van der Waals surface area contributed by atoms with Crippen molar-refractivity contribution in [2.45, 2.75) is 52.5 Å². The van der Waals surface area contributed by atoms with Gasteiger partial charge in [-0.25, -0.2) is 0 Å². The van der Waals surface area contributed by atoms with E-state index in [2.05, 4.69) is 17.1 Å². The number of hydrogen-bond donors (Lipinski definition) is 1. The number of rotatable bonds is 6. The maximum Gasteiger partial charge on any atom is 0.253 e. The van der Waals surface area contributed by atoms with Gasteiger partial charge in [-0.05, 0) is 68.7 Å². The van der Waals surface area contributed by atoms with Gasteiger partial charge in [0, 0.05) is 19.6 Å². The number of amides is 2. The average Bonchev–Trinajstić information content (AvgIpc) is 2.73. The zero-order chi connectivity index (χ0) is 21.7. The van der Waals surface area contributed by atoms with Crippen LogP contribution in [0.5, 0.6) is 0 Å². The van der Waals surface area contributed by atoms with E-state index in [-0.39, 0.29) is 17.7 Å². The van der Waals surface area contributed by atoms with Crippen molar-refractivity contribution in [3.8, 4) is 0 Å². The maximum atomic E-state index is 13.3. The van der Waals surface area contributed by atoms with E-state index in [1.807, 2.05) is 18.7 Å². The molecule has 1 N–H and O–H groups in total. The molecule has 2 atom stereocenters. The van der Waals surface area contributed by atoms with Crippen molar-refractivity contribution in [2.75, 3.05) is 32.7 Å². The molecule has 2 aliphatic heterocycles. The quantitative estimate of drug-likeness (QED) is 0.735. The van der Waals surface area contributed by atoms with Gasteiger partial charge in [-0.3, -0.25) is 9.59 Å². The van der Waals surface area contributed by atoms with Crippen LogP contribution < -0.4 is 5.32 Å². The van der Waals surface area contributed by atoms with Gasteiger partial charge in [0.25, 0.3) is 5.91 Å². The van der Waals surface area contributed by atoms with Crippen LogP contribution in [-0.2, 0) is 4.79 Å². The minimum Gasteiger partial charge on any atom is -0.341 e. The predicted molar refractivity (Wildman–Crippen MR) is 122 cm³/mol.